The molecule has 1 fully saturated rings. The van der Waals surface area contributed by atoms with Gasteiger partial charge in [0.05, 0.1) is 17.1 Å². The van der Waals surface area contributed by atoms with E-state index in [0.29, 0.717) is 0 Å². The molecule has 2 N–H and O–H groups in total. The van der Waals surface area contributed by atoms with E-state index in [2.05, 4.69) is 34.6 Å². The molecule has 0 radical (unpaired) electrons. The molecular weight excluding hydrogens is 260 g/mol. The Kier molecular flexibility index (Phi) is 4.56. The highest BCUT2D eigenvalue weighted by Gasteiger charge is 2.17. The summed E-state index contributed by atoms with van der Waals surface area (Å²) in [6.45, 7) is 6.69. The molecule has 2 heterocycles. The number of benzene rings is 1. The third kappa shape index (κ3) is 3.11. The van der Waals surface area contributed by atoms with Crippen molar-refractivity contribution in [2.75, 3.05) is 19.6 Å². The monoisotopic (exact) mass is 286 g/mol. The Hall–Kier alpha value is -1.39. The van der Waals surface area contributed by atoms with Crippen LogP contribution in [-0.2, 0) is 6.54 Å². The highest BCUT2D eigenvalue weighted by Crippen LogP contribution is 2.21. The smallest absolute Gasteiger partial charge is 0.126 e. The van der Waals surface area contributed by atoms with E-state index in [-0.39, 0.29) is 6.04 Å². The lowest BCUT2D eigenvalue weighted by Crippen LogP contribution is -2.33. The Morgan fingerprint density at radius 1 is 1.14 bits per heavy atom. The molecule has 0 saturated carbocycles. The normalized spacial score (nSPS) is 18.2. The van der Waals surface area contributed by atoms with Crippen molar-refractivity contribution in [2.24, 2.45) is 5.73 Å². The molecule has 1 aromatic carbocycles. The minimum absolute atomic E-state index is 0.0266. The second-order valence-electron chi connectivity index (χ2n) is 6.03. The minimum Gasteiger partial charge on any atom is -0.325 e. The summed E-state index contributed by atoms with van der Waals surface area (Å²) in [7, 11) is 0. The molecule has 114 valence electrons. The van der Waals surface area contributed by atoms with E-state index in [4.69, 9.17) is 10.7 Å². The molecule has 1 aromatic heterocycles. The van der Waals surface area contributed by atoms with Gasteiger partial charge < -0.3 is 15.2 Å². The molecule has 4 nitrogen and oxygen atoms in total. The fraction of sp³-hybridized carbons (Fsp3) is 0.588. The first-order chi connectivity index (χ1) is 10.3. The van der Waals surface area contributed by atoms with E-state index >= 15 is 0 Å². The van der Waals surface area contributed by atoms with Crippen LogP contribution in [0.1, 0.15) is 44.5 Å². The van der Waals surface area contributed by atoms with E-state index in [0.717, 1.165) is 30.9 Å². The summed E-state index contributed by atoms with van der Waals surface area (Å²) >= 11 is 0. The van der Waals surface area contributed by atoms with Crippen LogP contribution < -0.4 is 5.73 Å². The van der Waals surface area contributed by atoms with Gasteiger partial charge in [-0.25, -0.2) is 4.98 Å². The lowest BCUT2D eigenvalue weighted by Gasteiger charge is -2.27. The molecule has 0 amide bonds. The quantitative estimate of drug-likeness (QED) is 0.919. The van der Waals surface area contributed by atoms with Gasteiger partial charge in [-0.3, -0.25) is 0 Å². The lowest BCUT2D eigenvalue weighted by atomic mass is 10.1. The number of fused-ring (bicyclic) bond motifs is 1. The molecule has 2 aromatic rings. The third-order valence-electron chi connectivity index (χ3n) is 4.54. The number of likely N-dealkylation sites (tertiary alicyclic amines) is 1. The third-order valence-corrected chi connectivity index (χ3v) is 4.54. The number of aromatic nitrogens is 2. The molecule has 1 saturated heterocycles. The number of hydrogen-bond acceptors (Lipinski definition) is 3. The van der Waals surface area contributed by atoms with Gasteiger partial charge in [0.2, 0.25) is 0 Å². The summed E-state index contributed by atoms with van der Waals surface area (Å²) in [4.78, 5) is 7.34. The zero-order valence-electron chi connectivity index (χ0n) is 13.0. The van der Waals surface area contributed by atoms with Crippen molar-refractivity contribution < 1.29 is 0 Å². The highest BCUT2D eigenvalue weighted by molar-refractivity contribution is 5.76. The molecule has 1 aliphatic heterocycles. The lowest BCUT2D eigenvalue weighted by molar-refractivity contribution is 0.220. The number of imidazole rings is 1. The first-order valence-corrected chi connectivity index (χ1v) is 8.22. The number of piperidine rings is 1. The maximum Gasteiger partial charge on any atom is 0.126 e. The maximum atomic E-state index is 6.27. The number of nitrogens with zero attached hydrogens (tertiary/aromatic N) is 3. The molecule has 1 aliphatic rings. The van der Waals surface area contributed by atoms with Crippen molar-refractivity contribution in [3.8, 4) is 0 Å². The van der Waals surface area contributed by atoms with Crippen molar-refractivity contribution in [1.29, 1.82) is 0 Å². The van der Waals surface area contributed by atoms with Gasteiger partial charge in [0.15, 0.2) is 0 Å². The van der Waals surface area contributed by atoms with Crippen molar-refractivity contribution >= 4 is 11.0 Å². The summed E-state index contributed by atoms with van der Waals surface area (Å²) in [5, 5.41) is 0. The second kappa shape index (κ2) is 6.58. The van der Waals surface area contributed by atoms with Gasteiger partial charge in [-0.1, -0.05) is 25.5 Å². The molecule has 1 unspecified atom stereocenters. The largest absolute Gasteiger partial charge is 0.325 e. The fourth-order valence-corrected chi connectivity index (χ4v) is 3.22. The highest BCUT2D eigenvalue weighted by atomic mass is 15.2. The average Bonchev–Trinajstić information content (AvgIpc) is 2.92. The molecule has 0 aliphatic carbocycles. The molecule has 4 heteroatoms. The Balaban J connectivity index is 1.84. The van der Waals surface area contributed by atoms with E-state index in [1.165, 1.54) is 37.9 Å². The van der Waals surface area contributed by atoms with Crippen LogP contribution in [0.2, 0.25) is 0 Å². The van der Waals surface area contributed by atoms with Crippen molar-refractivity contribution in [2.45, 2.75) is 45.2 Å². The second-order valence-corrected chi connectivity index (χ2v) is 6.03. The van der Waals surface area contributed by atoms with Gasteiger partial charge in [0, 0.05) is 13.1 Å². The summed E-state index contributed by atoms with van der Waals surface area (Å²) in [5.41, 5.74) is 8.55. The van der Waals surface area contributed by atoms with Gasteiger partial charge in [-0.15, -0.1) is 0 Å². The van der Waals surface area contributed by atoms with Crippen LogP contribution >= 0.6 is 0 Å². The minimum atomic E-state index is 0.0266. The Bertz CT molecular complexity index is 583. The molecule has 3 rings (SSSR count). The van der Waals surface area contributed by atoms with Gasteiger partial charge in [0.1, 0.15) is 5.82 Å². The maximum absolute atomic E-state index is 6.27. The first-order valence-electron chi connectivity index (χ1n) is 8.22. The summed E-state index contributed by atoms with van der Waals surface area (Å²) in [6, 6.07) is 8.40. The van der Waals surface area contributed by atoms with Gasteiger partial charge >= 0.3 is 0 Å². The topological polar surface area (TPSA) is 47.1 Å². The van der Waals surface area contributed by atoms with Crippen LogP contribution in [0.5, 0.6) is 0 Å². The SMILES string of the molecule is CCC(N)c1nc2ccccc2n1CCN1CCCCC1. The van der Waals surface area contributed by atoms with E-state index in [9.17, 15) is 0 Å². The van der Waals surface area contributed by atoms with E-state index < -0.39 is 0 Å². The van der Waals surface area contributed by atoms with Crippen LogP contribution in [0.25, 0.3) is 11.0 Å². The van der Waals surface area contributed by atoms with Crippen LogP contribution in [0.15, 0.2) is 24.3 Å². The molecule has 0 bridgehead atoms. The van der Waals surface area contributed by atoms with Gasteiger partial charge in [-0.05, 0) is 44.5 Å². The molecule has 21 heavy (non-hydrogen) atoms. The Labute approximate surface area is 126 Å². The van der Waals surface area contributed by atoms with Crippen molar-refractivity contribution in [1.82, 2.24) is 14.5 Å². The average molecular weight is 286 g/mol. The fourth-order valence-electron chi connectivity index (χ4n) is 3.22. The molecule has 0 spiro atoms. The number of hydrogen-bond donors (Lipinski definition) is 1. The summed E-state index contributed by atoms with van der Waals surface area (Å²) in [5.74, 6) is 1.04. The zero-order valence-corrected chi connectivity index (χ0v) is 13.0. The predicted molar refractivity (Wildman–Crippen MR) is 87.2 cm³/mol. The van der Waals surface area contributed by atoms with E-state index in [1.54, 1.807) is 0 Å². The predicted octanol–water partition coefficient (Wildman–Crippen LogP) is 2.93. The first kappa shape index (κ1) is 14.5. The Morgan fingerprint density at radius 2 is 1.90 bits per heavy atom. The van der Waals surface area contributed by atoms with Crippen LogP contribution in [0.3, 0.4) is 0 Å². The van der Waals surface area contributed by atoms with Crippen LogP contribution in [0, 0.1) is 0 Å². The van der Waals surface area contributed by atoms with Crippen molar-refractivity contribution in [3.05, 3.63) is 30.1 Å². The van der Waals surface area contributed by atoms with Gasteiger partial charge in [0.25, 0.3) is 0 Å². The number of rotatable bonds is 5. The molecular formula is C17H26N4. The number of para-hydroxylation sites is 2. The van der Waals surface area contributed by atoms with Crippen molar-refractivity contribution in [3.63, 3.8) is 0 Å². The Morgan fingerprint density at radius 3 is 2.67 bits per heavy atom. The summed E-state index contributed by atoms with van der Waals surface area (Å²) in [6.07, 6.45) is 4.99. The van der Waals surface area contributed by atoms with Crippen LogP contribution in [-0.4, -0.2) is 34.1 Å². The standard InChI is InChI=1S/C17H26N4/c1-2-14(18)17-19-15-8-4-5-9-16(15)21(17)13-12-20-10-6-3-7-11-20/h4-5,8-9,14H,2-3,6-7,10-13,18H2,1H3. The summed E-state index contributed by atoms with van der Waals surface area (Å²) < 4.78 is 2.33. The zero-order chi connectivity index (χ0) is 14.7. The number of nitrogens with two attached hydrogens (primary N) is 1. The van der Waals surface area contributed by atoms with Crippen LogP contribution in [0.4, 0.5) is 0 Å². The van der Waals surface area contributed by atoms with Gasteiger partial charge in [-0.2, -0.15) is 0 Å². The molecule has 1 atom stereocenters. The van der Waals surface area contributed by atoms with E-state index in [1.807, 2.05) is 6.07 Å².